The van der Waals surface area contributed by atoms with Crippen molar-refractivity contribution in [3.8, 4) is 11.8 Å². The molecule has 0 radical (unpaired) electrons. The van der Waals surface area contributed by atoms with E-state index >= 15 is 0 Å². The number of piperazine rings is 1. The molecule has 26 heavy (non-hydrogen) atoms. The Morgan fingerprint density at radius 3 is 2.85 bits per heavy atom. The molecule has 0 aliphatic carbocycles. The van der Waals surface area contributed by atoms with Gasteiger partial charge < -0.3 is 19.9 Å². The third-order valence-electron chi connectivity index (χ3n) is 4.64. The number of quaternary nitrogens is 1. The van der Waals surface area contributed by atoms with Crippen LogP contribution in [0.2, 0.25) is 0 Å². The van der Waals surface area contributed by atoms with Gasteiger partial charge in [-0.25, -0.2) is 0 Å². The Balaban J connectivity index is 1.46. The number of anilines is 2. The van der Waals surface area contributed by atoms with Crippen LogP contribution in [0.25, 0.3) is 0 Å². The van der Waals surface area contributed by atoms with Crippen LogP contribution in [-0.4, -0.2) is 45.7 Å². The highest BCUT2D eigenvalue weighted by Gasteiger charge is 2.22. The summed E-state index contributed by atoms with van der Waals surface area (Å²) < 4.78 is 5.45. The van der Waals surface area contributed by atoms with Gasteiger partial charge in [0.25, 0.3) is 0 Å². The monoisotopic (exact) mass is 371 g/mol. The van der Waals surface area contributed by atoms with E-state index in [1.54, 1.807) is 13.2 Å². The smallest absolute Gasteiger partial charge is 0.230 e. The van der Waals surface area contributed by atoms with Crippen LogP contribution in [-0.2, 0) is 4.79 Å². The third kappa shape index (κ3) is 4.34. The third-order valence-corrected chi connectivity index (χ3v) is 5.47. The van der Waals surface area contributed by atoms with Crippen LogP contribution in [0.15, 0.2) is 35.7 Å². The summed E-state index contributed by atoms with van der Waals surface area (Å²) in [7, 11) is 1.70. The molecule has 1 aliphatic heterocycles. The number of nitrogens with zero attached hydrogens (tertiary/aromatic N) is 2. The molecule has 2 heterocycles. The van der Waals surface area contributed by atoms with Gasteiger partial charge in [0.2, 0.25) is 5.91 Å². The minimum absolute atomic E-state index is 0.0244. The van der Waals surface area contributed by atoms with Crippen molar-refractivity contribution in [3.63, 3.8) is 0 Å². The molecule has 0 spiro atoms. The van der Waals surface area contributed by atoms with E-state index in [-0.39, 0.29) is 5.91 Å². The number of ether oxygens (including phenoxy) is 1. The van der Waals surface area contributed by atoms with E-state index in [9.17, 15) is 4.79 Å². The quantitative estimate of drug-likeness (QED) is 0.805. The van der Waals surface area contributed by atoms with Crippen molar-refractivity contribution >= 4 is 27.9 Å². The number of methoxy groups -OCH3 is 1. The maximum Gasteiger partial charge on any atom is 0.230 e. The van der Waals surface area contributed by atoms with Crippen molar-refractivity contribution in [1.29, 1.82) is 5.26 Å². The molecule has 2 aromatic rings. The van der Waals surface area contributed by atoms with Crippen LogP contribution < -0.4 is 19.9 Å². The molecule has 6 nitrogen and oxygen atoms in total. The predicted molar refractivity (Wildman–Crippen MR) is 103 cm³/mol. The molecule has 3 rings (SSSR count). The Bertz CT molecular complexity index is 791. The highest BCUT2D eigenvalue weighted by atomic mass is 32.1. The molecule has 0 saturated carbocycles. The van der Waals surface area contributed by atoms with E-state index in [1.165, 1.54) is 16.2 Å². The highest BCUT2D eigenvalue weighted by molar-refractivity contribution is 7.14. The summed E-state index contributed by atoms with van der Waals surface area (Å²) in [5, 5.41) is 14.3. The van der Waals surface area contributed by atoms with Crippen molar-refractivity contribution in [2.45, 2.75) is 6.42 Å². The van der Waals surface area contributed by atoms with Gasteiger partial charge in [-0.1, -0.05) is 12.1 Å². The number of nitriles is 1. The van der Waals surface area contributed by atoms with Crippen molar-refractivity contribution in [2.75, 3.05) is 50.1 Å². The fourth-order valence-corrected chi connectivity index (χ4v) is 3.93. The van der Waals surface area contributed by atoms with Gasteiger partial charge in [-0.05, 0) is 23.6 Å². The van der Waals surface area contributed by atoms with Gasteiger partial charge in [0.05, 0.1) is 57.5 Å². The van der Waals surface area contributed by atoms with Gasteiger partial charge in [0, 0.05) is 0 Å². The number of carbonyl (C=O) groups is 1. The number of benzene rings is 1. The maximum absolute atomic E-state index is 12.1. The van der Waals surface area contributed by atoms with Crippen LogP contribution in [0, 0.1) is 11.3 Å². The first-order chi connectivity index (χ1) is 12.7. The zero-order chi connectivity index (χ0) is 18.4. The Labute approximate surface area is 157 Å². The number of para-hydroxylation sites is 2. The van der Waals surface area contributed by atoms with Gasteiger partial charge in [-0.3, -0.25) is 4.79 Å². The molecule has 1 saturated heterocycles. The Morgan fingerprint density at radius 1 is 1.35 bits per heavy atom. The zero-order valence-electron chi connectivity index (χ0n) is 14.8. The standard InChI is InChI=1S/C19H22N4O2S/c1-25-17-5-3-2-4-16(17)23-11-9-22(10-12-23)8-6-18(24)21-19-15(14-20)7-13-26-19/h2-5,7,13H,6,8-12H2,1H3,(H,21,24)/p+1. The number of hydrogen-bond acceptors (Lipinski definition) is 5. The average Bonchev–Trinajstić information content (AvgIpc) is 3.13. The first-order valence-corrected chi connectivity index (χ1v) is 9.58. The normalized spacial score (nSPS) is 14.7. The summed E-state index contributed by atoms with van der Waals surface area (Å²) in [5.41, 5.74) is 1.66. The molecule has 2 N–H and O–H groups in total. The van der Waals surface area contributed by atoms with Gasteiger partial charge in [0.1, 0.15) is 16.8 Å². The molecule has 0 atom stereocenters. The second kappa shape index (κ2) is 8.70. The Hall–Kier alpha value is -2.56. The van der Waals surface area contributed by atoms with Gasteiger partial charge in [-0.15, -0.1) is 11.3 Å². The molecule has 1 aromatic heterocycles. The lowest BCUT2D eigenvalue weighted by Crippen LogP contribution is -3.15. The Kier molecular flexibility index (Phi) is 6.10. The molecule has 1 fully saturated rings. The number of rotatable bonds is 6. The molecule has 7 heteroatoms. The van der Waals surface area contributed by atoms with Gasteiger partial charge in [0.15, 0.2) is 0 Å². The SMILES string of the molecule is COc1ccccc1N1CC[NH+](CCC(=O)Nc2sccc2C#N)CC1. The first kappa shape index (κ1) is 18.2. The Morgan fingerprint density at radius 2 is 2.12 bits per heavy atom. The fraction of sp³-hybridized carbons (Fsp3) is 0.368. The largest absolute Gasteiger partial charge is 0.495 e. The van der Waals surface area contributed by atoms with Crippen molar-refractivity contribution in [1.82, 2.24) is 0 Å². The molecule has 1 aliphatic rings. The second-order valence-corrected chi connectivity index (χ2v) is 7.15. The van der Waals surface area contributed by atoms with Crippen LogP contribution in [0.3, 0.4) is 0 Å². The summed E-state index contributed by atoms with van der Waals surface area (Å²) in [6, 6.07) is 11.9. The fourth-order valence-electron chi connectivity index (χ4n) is 3.18. The molecule has 1 aromatic carbocycles. The molecule has 1 amide bonds. The summed E-state index contributed by atoms with van der Waals surface area (Å²) in [6.45, 7) is 4.68. The number of carbonyl (C=O) groups excluding carboxylic acids is 1. The molecule has 136 valence electrons. The molecule has 0 unspecified atom stereocenters. The van der Waals surface area contributed by atoms with Crippen LogP contribution >= 0.6 is 11.3 Å². The number of amides is 1. The molecular formula is C19H23N4O2S+. The minimum Gasteiger partial charge on any atom is -0.495 e. The lowest BCUT2D eigenvalue weighted by atomic mass is 10.2. The topological polar surface area (TPSA) is 69.8 Å². The van der Waals surface area contributed by atoms with Crippen LogP contribution in [0.5, 0.6) is 5.75 Å². The van der Waals surface area contributed by atoms with E-state index < -0.39 is 0 Å². The minimum atomic E-state index is -0.0244. The average molecular weight is 371 g/mol. The van der Waals surface area contributed by atoms with Crippen LogP contribution in [0.4, 0.5) is 10.7 Å². The van der Waals surface area contributed by atoms with E-state index in [0.717, 1.165) is 44.2 Å². The van der Waals surface area contributed by atoms with E-state index in [2.05, 4.69) is 22.4 Å². The van der Waals surface area contributed by atoms with E-state index in [4.69, 9.17) is 10.00 Å². The van der Waals surface area contributed by atoms with Crippen molar-refractivity contribution in [2.24, 2.45) is 0 Å². The van der Waals surface area contributed by atoms with Crippen molar-refractivity contribution < 1.29 is 14.4 Å². The van der Waals surface area contributed by atoms with Crippen LogP contribution in [0.1, 0.15) is 12.0 Å². The predicted octanol–water partition coefficient (Wildman–Crippen LogP) is 1.36. The van der Waals surface area contributed by atoms with Crippen molar-refractivity contribution in [3.05, 3.63) is 41.3 Å². The summed E-state index contributed by atoms with van der Waals surface area (Å²) in [4.78, 5) is 15.9. The van der Waals surface area contributed by atoms with E-state index in [1.807, 2.05) is 23.6 Å². The highest BCUT2D eigenvalue weighted by Crippen LogP contribution is 2.27. The lowest BCUT2D eigenvalue weighted by molar-refractivity contribution is -0.900. The number of nitrogens with one attached hydrogen (secondary N) is 2. The second-order valence-electron chi connectivity index (χ2n) is 6.23. The molecule has 0 bridgehead atoms. The zero-order valence-corrected chi connectivity index (χ0v) is 15.6. The summed E-state index contributed by atoms with van der Waals surface area (Å²) >= 11 is 1.39. The van der Waals surface area contributed by atoms with E-state index in [0.29, 0.717) is 17.0 Å². The lowest BCUT2D eigenvalue weighted by Gasteiger charge is -2.34. The van der Waals surface area contributed by atoms with Gasteiger partial charge in [-0.2, -0.15) is 5.26 Å². The number of thiophene rings is 1. The first-order valence-electron chi connectivity index (χ1n) is 8.70. The summed E-state index contributed by atoms with van der Waals surface area (Å²) in [5.74, 6) is 0.878. The number of hydrogen-bond donors (Lipinski definition) is 2. The maximum atomic E-state index is 12.1. The summed E-state index contributed by atoms with van der Waals surface area (Å²) in [6.07, 6.45) is 0.465. The van der Waals surface area contributed by atoms with Gasteiger partial charge >= 0.3 is 0 Å². The molecular weight excluding hydrogens is 348 g/mol.